The molecular weight excluding hydrogens is 283 g/mol. The normalized spacial score (nSPS) is 14.9. The SMILES string of the molecule is NNc1ccc(C(F)(F)F)cc1C(=O)NCCCC1CC1. The largest absolute Gasteiger partial charge is 0.416 e. The number of nitrogen functional groups attached to an aromatic ring is 1. The van der Waals surface area contributed by atoms with Gasteiger partial charge in [0.05, 0.1) is 16.8 Å². The highest BCUT2D eigenvalue weighted by atomic mass is 19.4. The molecule has 0 aliphatic heterocycles. The Morgan fingerprint density at radius 2 is 2.05 bits per heavy atom. The van der Waals surface area contributed by atoms with Crippen LogP contribution in [0, 0.1) is 5.92 Å². The molecule has 0 spiro atoms. The summed E-state index contributed by atoms with van der Waals surface area (Å²) in [4.78, 5) is 12.0. The molecule has 0 bridgehead atoms. The molecule has 0 saturated heterocycles. The standard InChI is InChI=1S/C14H18F3N3O/c15-14(16,17)10-5-6-12(20-18)11(8-10)13(21)19-7-1-2-9-3-4-9/h5-6,8-9,20H,1-4,7,18H2,(H,19,21). The lowest BCUT2D eigenvalue weighted by Gasteiger charge is -2.13. The molecule has 1 aromatic rings. The lowest BCUT2D eigenvalue weighted by molar-refractivity contribution is -0.137. The number of hydrazine groups is 1. The summed E-state index contributed by atoms with van der Waals surface area (Å²) >= 11 is 0. The van der Waals surface area contributed by atoms with Crippen LogP contribution in [-0.4, -0.2) is 12.5 Å². The van der Waals surface area contributed by atoms with Gasteiger partial charge >= 0.3 is 6.18 Å². The van der Waals surface area contributed by atoms with Gasteiger partial charge in [-0.15, -0.1) is 0 Å². The summed E-state index contributed by atoms with van der Waals surface area (Å²) in [6, 6.07) is 2.85. The van der Waals surface area contributed by atoms with Gasteiger partial charge in [0.1, 0.15) is 0 Å². The average Bonchev–Trinajstić information content (AvgIpc) is 3.25. The van der Waals surface area contributed by atoms with Gasteiger partial charge in [-0.2, -0.15) is 13.2 Å². The smallest absolute Gasteiger partial charge is 0.352 e. The number of alkyl halides is 3. The van der Waals surface area contributed by atoms with Crippen LogP contribution in [0.5, 0.6) is 0 Å². The first-order chi connectivity index (χ1) is 9.91. The number of nitrogens with two attached hydrogens (primary N) is 1. The molecular formula is C14H18F3N3O. The molecule has 1 aliphatic rings. The zero-order valence-electron chi connectivity index (χ0n) is 11.5. The molecule has 21 heavy (non-hydrogen) atoms. The maximum atomic E-state index is 12.7. The number of amides is 1. The van der Waals surface area contributed by atoms with Crippen LogP contribution in [-0.2, 0) is 6.18 Å². The second-order valence-corrected chi connectivity index (χ2v) is 5.24. The molecule has 1 saturated carbocycles. The number of hydrogen-bond acceptors (Lipinski definition) is 3. The number of hydrogen-bond donors (Lipinski definition) is 3. The van der Waals surface area contributed by atoms with Gasteiger partial charge in [-0.25, -0.2) is 0 Å². The molecule has 4 nitrogen and oxygen atoms in total. The van der Waals surface area contributed by atoms with E-state index in [1.807, 2.05) is 0 Å². The summed E-state index contributed by atoms with van der Waals surface area (Å²) < 4.78 is 38.1. The van der Waals surface area contributed by atoms with Crippen molar-refractivity contribution in [1.82, 2.24) is 5.32 Å². The number of rotatable bonds is 6. The van der Waals surface area contributed by atoms with E-state index in [0.29, 0.717) is 6.54 Å². The Morgan fingerprint density at radius 3 is 2.62 bits per heavy atom. The molecule has 0 heterocycles. The average molecular weight is 301 g/mol. The summed E-state index contributed by atoms with van der Waals surface area (Å²) in [6.45, 7) is 0.454. The first kappa shape index (κ1) is 15.6. The van der Waals surface area contributed by atoms with Crippen molar-refractivity contribution in [2.75, 3.05) is 12.0 Å². The summed E-state index contributed by atoms with van der Waals surface area (Å²) in [7, 11) is 0. The van der Waals surface area contributed by atoms with Gasteiger partial charge in [-0.05, 0) is 37.0 Å². The number of halogens is 3. The van der Waals surface area contributed by atoms with Gasteiger partial charge in [0, 0.05) is 6.54 Å². The van der Waals surface area contributed by atoms with E-state index < -0.39 is 17.6 Å². The Balaban J connectivity index is 2.02. The van der Waals surface area contributed by atoms with E-state index >= 15 is 0 Å². The monoisotopic (exact) mass is 301 g/mol. The second kappa shape index (κ2) is 6.34. The topological polar surface area (TPSA) is 67.1 Å². The summed E-state index contributed by atoms with van der Waals surface area (Å²) in [5, 5.41) is 2.63. The lowest BCUT2D eigenvalue weighted by Crippen LogP contribution is -2.26. The Hall–Kier alpha value is -1.76. The van der Waals surface area contributed by atoms with Gasteiger partial charge < -0.3 is 10.7 Å². The minimum atomic E-state index is -4.49. The van der Waals surface area contributed by atoms with Crippen molar-refractivity contribution in [1.29, 1.82) is 0 Å². The van der Waals surface area contributed by atoms with Gasteiger partial charge in [0.15, 0.2) is 0 Å². The Bertz CT molecular complexity index is 513. The number of carbonyl (C=O) groups excluding carboxylic acids is 1. The molecule has 0 aromatic heterocycles. The molecule has 1 amide bonds. The number of nitrogens with one attached hydrogen (secondary N) is 2. The highest BCUT2D eigenvalue weighted by Crippen LogP contribution is 2.33. The highest BCUT2D eigenvalue weighted by molar-refractivity contribution is 5.99. The zero-order valence-corrected chi connectivity index (χ0v) is 11.5. The van der Waals surface area contributed by atoms with Crippen LogP contribution >= 0.6 is 0 Å². The van der Waals surface area contributed by atoms with E-state index in [-0.39, 0.29) is 11.3 Å². The molecule has 1 aromatic carbocycles. The fourth-order valence-corrected chi connectivity index (χ4v) is 2.13. The predicted octanol–water partition coefficient (Wildman–Crippen LogP) is 2.91. The number of anilines is 1. The summed E-state index contributed by atoms with van der Waals surface area (Å²) in [6.07, 6.45) is -0.134. The van der Waals surface area contributed by atoms with Crippen LogP contribution in [0.25, 0.3) is 0 Å². The van der Waals surface area contributed by atoms with E-state index in [4.69, 9.17) is 5.84 Å². The third-order valence-electron chi connectivity index (χ3n) is 3.52. The number of benzene rings is 1. The van der Waals surface area contributed by atoms with Crippen molar-refractivity contribution in [3.05, 3.63) is 29.3 Å². The third-order valence-corrected chi connectivity index (χ3v) is 3.52. The van der Waals surface area contributed by atoms with Crippen LogP contribution in [0.2, 0.25) is 0 Å². The zero-order chi connectivity index (χ0) is 15.5. The van der Waals surface area contributed by atoms with Crippen molar-refractivity contribution < 1.29 is 18.0 Å². The fraction of sp³-hybridized carbons (Fsp3) is 0.500. The Labute approximate surface area is 120 Å². The van der Waals surface area contributed by atoms with E-state index in [9.17, 15) is 18.0 Å². The summed E-state index contributed by atoms with van der Waals surface area (Å²) in [5.41, 5.74) is 1.45. The lowest BCUT2D eigenvalue weighted by atomic mass is 10.1. The third kappa shape index (κ3) is 4.35. The Kier molecular flexibility index (Phi) is 4.72. The molecule has 1 fully saturated rings. The molecule has 7 heteroatoms. The minimum absolute atomic E-state index is 0.0984. The van der Waals surface area contributed by atoms with Gasteiger partial charge in [-0.1, -0.05) is 12.8 Å². The van der Waals surface area contributed by atoms with Crippen molar-refractivity contribution in [3.8, 4) is 0 Å². The van der Waals surface area contributed by atoms with Crippen molar-refractivity contribution in [2.24, 2.45) is 11.8 Å². The van der Waals surface area contributed by atoms with E-state index in [1.54, 1.807) is 0 Å². The molecule has 1 aliphatic carbocycles. The van der Waals surface area contributed by atoms with Crippen LogP contribution < -0.4 is 16.6 Å². The molecule has 0 unspecified atom stereocenters. The van der Waals surface area contributed by atoms with Crippen molar-refractivity contribution in [2.45, 2.75) is 31.9 Å². The quantitative estimate of drug-likeness (QED) is 0.430. The molecule has 0 atom stereocenters. The first-order valence-electron chi connectivity index (χ1n) is 6.88. The first-order valence-corrected chi connectivity index (χ1v) is 6.88. The fourth-order valence-electron chi connectivity index (χ4n) is 2.13. The Morgan fingerprint density at radius 1 is 1.33 bits per heavy atom. The number of carbonyl (C=O) groups is 1. The predicted molar refractivity (Wildman–Crippen MR) is 73.5 cm³/mol. The van der Waals surface area contributed by atoms with E-state index in [2.05, 4.69) is 10.7 Å². The highest BCUT2D eigenvalue weighted by Gasteiger charge is 2.31. The van der Waals surface area contributed by atoms with E-state index in [0.717, 1.165) is 37.0 Å². The molecule has 2 rings (SSSR count). The van der Waals surface area contributed by atoms with Crippen LogP contribution in [0.4, 0.5) is 18.9 Å². The van der Waals surface area contributed by atoms with Gasteiger partial charge in [0.25, 0.3) is 5.91 Å². The van der Waals surface area contributed by atoms with Gasteiger partial charge in [-0.3, -0.25) is 10.6 Å². The van der Waals surface area contributed by atoms with Gasteiger partial charge in [0.2, 0.25) is 0 Å². The van der Waals surface area contributed by atoms with E-state index in [1.165, 1.54) is 12.8 Å². The maximum absolute atomic E-state index is 12.7. The van der Waals surface area contributed by atoms with Crippen LogP contribution in [0.3, 0.4) is 0 Å². The van der Waals surface area contributed by atoms with Crippen molar-refractivity contribution in [3.63, 3.8) is 0 Å². The second-order valence-electron chi connectivity index (χ2n) is 5.24. The van der Waals surface area contributed by atoms with Crippen LogP contribution in [0.1, 0.15) is 41.6 Å². The maximum Gasteiger partial charge on any atom is 0.416 e. The summed E-state index contributed by atoms with van der Waals surface area (Å²) in [5.74, 6) is 5.45. The molecule has 116 valence electrons. The molecule has 0 radical (unpaired) electrons. The molecule has 4 N–H and O–H groups in total. The van der Waals surface area contributed by atoms with Crippen molar-refractivity contribution >= 4 is 11.6 Å². The minimum Gasteiger partial charge on any atom is -0.352 e. The van der Waals surface area contributed by atoms with Crippen LogP contribution in [0.15, 0.2) is 18.2 Å².